The number of nitrogens with one attached hydrogen (secondary N) is 3. The minimum atomic E-state index is -1.45. The number of hydrogen-bond donors (Lipinski definition) is 8. The summed E-state index contributed by atoms with van der Waals surface area (Å²) < 4.78 is 7.57. The van der Waals surface area contributed by atoms with E-state index < -0.39 is 57.2 Å². The van der Waals surface area contributed by atoms with Crippen molar-refractivity contribution >= 4 is 71.7 Å². The zero-order valence-electron chi connectivity index (χ0n) is 34.8. The van der Waals surface area contributed by atoms with Gasteiger partial charge < -0.3 is 44.9 Å². The second kappa shape index (κ2) is 18.8. The van der Waals surface area contributed by atoms with Crippen LogP contribution in [0, 0.1) is 0 Å². The zero-order chi connectivity index (χ0) is 46.7. The van der Waals surface area contributed by atoms with Gasteiger partial charge in [0.2, 0.25) is 0 Å². The summed E-state index contributed by atoms with van der Waals surface area (Å²) in [4.78, 5) is 77.0. The molecular formula is C48H39N3O12S2. The number of carbonyl (C=O) groups is 3. The van der Waals surface area contributed by atoms with Crippen molar-refractivity contribution in [3.63, 3.8) is 0 Å². The average molecular weight is 914 g/mol. The molecule has 0 radical (unpaired) electrons. The van der Waals surface area contributed by atoms with E-state index in [1.807, 2.05) is 72.3 Å². The number of thiophene rings is 2. The summed E-state index contributed by atoms with van der Waals surface area (Å²) in [5, 5.41) is 54.4. The molecule has 0 fully saturated rings. The first-order valence-corrected chi connectivity index (χ1v) is 21.8. The number of carboxylic acid groups (broad SMARTS) is 3. The fourth-order valence-corrected chi connectivity index (χ4v) is 9.01. The number of aromatic amines is 3. The largest absolute Gasteiger partial charge is 0.506 e. The van der Waals surface area contributed by atoms with Gasteiger partial charge in [-0.25, -0.2) is 14.4 Å². The molecule has 9 rings (SSSR count). The van der Waals surface area contributed by atoms with Gasteiger partial charge in [0, 0.05) is 25.9 Å². The predicted octanol–water partition coefficient (Wildman–Crippen LogP) is 9.49. The van der Waals surface area contributed by atoms with Crippen LogP contribution in [0.5, 0.6) is 11.5 Å². The molecule has 330 valence electrons. The number of H-pyrrole nitrogens is 3. The molecule has 0 aliphatic rings. The molecule has 0 spiro atoms. The lowest BCUT2D eigenvalue weighted by Gasteiger charge is -2.12. The minimum absolute atomic E-state index is 0.216. The molecule has 0 aliphatic heterocycles. The van der Waals surface area contributed by atoms with Crippen LogP contribution in [-0.4, -0.2) is 58.4 Å². The molecule has 0 saturated carbocycles. The molecule has 0 atom stereocenters. The third-order valence-electron chi connectivity index (χ3n) is 10.7. The third-order valence-corrected chi connectivity index (χ3v) is 12.5. The molecule has 0 aliphatic carbocycles. The Hall–Kier alpha value is -8.02. The van der Waals surface area contributed by atoms with E-state index in [9.17, 15) is 39.0 Å². The van der Waals surface area contributed by atoms with Crippen LogP contribution in [0.3, 0.4) is 0 Å². The molecule has 8 N–H and O–H groups in total. The second-order valence-electron chi connectivity index (χ2n) is 14.5. The Morgan fingerprint density at radius 3 is 1.46 bits per heavy atom. The minimum Gasteiger partial charge on any atom is -0.506 e. The van der Waals surface area contributed by atoms with Gasteiger partial charge in [0.05, 0.1) is 23.3 Å². The SMILES string of the molecule is CCc1c(-c2ccc3occc3c2)[nH]c(=O)c(C(=O)O)c1O.CCc1c(-c2ccc3sccc3c2)[nH]c(=O)c(C(=O)O)c1O.CCc1cc(C(=O)O)c(=O)[nH]c1-c1ccc2sccc2c1. The van der Waals surface area contributed by atoms with Crippen LogP contribution < -0.4 is 16.7 Å². The highest BCUT2D eigenvalue weighted by atomic mass is 32.1. The van der Waals surface area contributed by atoms with Gasteiger partial charge in [-0.2, -0.15) is 0 Å². The summed E-state index contributed by atoms with van der Waals surface area (Å²) in [5.74, 6) is -5.04. The lowest BCUT2D eigenvalue weighted by atomic mass is 10.00. The van der Waals surface area contributed by atoms with Crippen molar-refractivity contribution in [3.05, 3.63) is 160 Å². The number of furan rings is 1. The molecule has 0 amide bonds. The Morgan fingerprint density at radius 2 is 1.00 bits per heavy atom. The highest BCUT2D eigenvalue weighted by molar-refractivity contribution is 7.17. The molecule has 65 heavy (non-hydrogen) atoms. The molecule has 9 aromatic rings. The maximum Gasteiger partial charge on any atom is 0.345 e. The van der Waals surface area contributed by atoms with Crippen molar-refractivity contribution in [2.45, 2.75) is 40.0 Å². The van der Waals surface area contributed by atoms with Crippen molar-refractivity contribution in [1.82, 2.24) is 15.0 Å². The van der Waals surface area contributed by atoms with Gasteiger partial charge in [0.1, 0.15) is 22.6 Å². The van der Waals surface area contributed by atoms with Crippen molar-refractivity contribution < 1.29 is 44.3 Å². The number of fused-ring (bicyclic) bond motifs is 3. The van der Waals surface area contributed by atoms with E-state index in [1.165, 1.54) is 10.8 Å². The van der Waals surface area contributed by atoms with Crippen LogP contribution >= 0.6 is 22.7 Å². The van der Waals surface area contributed by atoms with Gasteiger partial charge in [-0.15, -0.1) is 22.7 Å². The smallest absolute Gasteiger partial charge is 0.345 e. The van der Waals surface area contributed by atoms with Gasteiger partial charge in [-0.1, -0.05) is 32.9 Å². The lowest BCUT2D eigenvalue weighted by molar-refractivity contribution is 0.0680. The number of hydrogen-bond acceptors (Lipinski definition) is 11. The maximum absolute atomic E-state index is 12.0. The second-order valence-corrected chi connectivity index (χ2v) is 16.4. The highest BCUT2D eigenvalue weighted by Gasteiger charge is 2.23. The Balaban J connectivity index is 0.000000145. The lowest BCUT2D eigenvalue weighted by Crippen LogP contribution is -2.20. The monoisotopic (exact) mass is 913 g/mol. The Kier molecular flexibility index (Phi) is 13.0. The number of carboxylic acids is 3. The van der Waals surface area contributed by atoms with E-state index in [0.29, 0.717) is 58.6 Å². The third kappa shape index (κ3) is 8.95. The van der Waals surface area contributed by atoms with Gasteiger partial charge >= 0.3 is 17.9 Å². The normalized spacial score (nSPS) is 10.9. The van der Waals surface area contributed by atoms with Crippen LogP contribution in [0.15, 0.2) is 115 Å². The fourth-order valence-electron chi connectivity index (χ4n) is 7.47. The molecule has 0 saturated heterocycles. The van der Waals surface area contributed by atoms with E-state index in [1.54, 1.807) is 61.0 Å². The first kappa shape index (κ1) is 45.0. The first-order valence-electron chi connectivity index (χ1n) is 20.0. The van der Waals surface area contributed by atoms with Crippen molar-refractivity contribution in [2.24, 2.45) is 0 Å². The van der Waals surface area contributed by atoms with E-state index in [-0.39, 0.29) is 5.56 Å². The van der Waals surface area contributed by atoms with E-state index in [0.717, 1.165) is 37.5 Å². The molecular weight excluding hydrogens is 875 g/mol. The molecule has 0 bridgehead atoms. The van der Waals surface area contributed by atoms with Crippen molar-refractivity contribution in [3.8, 4) is 45.3 Å². The van der Waals surface area contributed by atoms with Crippen molar-refractivity contribution in [1.29, 1.82) is 0 Å². The molecule has 3 aromatic carbocycles. The standard InChI is InChI=1S/C16H13NO5.C16H13NO4S.C16H13NO3S/c2*1-2-10-13(17-15(19)12(14(10)18)16(20)21)9-3-4-11-8(7-9)5-6-22-11;1-2-9-8-12(16(19)20)15(18)17-14(9)11-3-4-13-10(7-11)5-6-21-13/h2*3-7H,2H2,1H3,(H,20,21)(H2,17,18,19);3-8H,2H2,1H3,(H,17,18)(H,19,20). The van der Waals surface area contributed by atoms with E-state index >= 15 is 0 Å². The van der Waals surface area contributed by atoms with E-state index in [4.69, 9.17) is 19.7 Å². The molecule has 0 unspecified atom stereocenters. The zero-order valence-corrected chi connectivity index (χ0v) is 36.4. The van der Waals surface area contributed by atoms with Crippen molar-refractivity contribution in [2.75, 3.05) is 0 Å². The van der Waals surface area contributed by atoms with Gasteiger partial charge in [-0.05, 0) is 130 Å². The van der Waals surface area contributed by atoms with Crippen LogP contribution in [-0.2, 0) is 19.3 Å². The molecule has 6 heterocycles. The Bertz CT molecular complexity index is 3340. The number of benzene rings is 3. The summed E-state index contributed by atoms with van der Waals surface area (Å²) in [5.41, 5.74) is 2.56. The highest BCUT2D eigenvalue weighted by Crippen LogP contribution is 2.34. The summed E-state index contributed by atoms with van der Waals surface area (Å²) in [7, 11) is 0. The number of aromatic hydroxyl groups is 2. The summed E-state index contributed by atoms with van der Waals surface area (Å²) >= 11 is 3.28. The van der Waals surface area contributed by atoms with Gasteiger partial charge in [0.25, 0.3) is 16.7 Å². The molecule has 17 heteroatoms. The van der Waals surface area contributed by atoms with Crippen LogP contribution in [0.1, 0.15) is 68.5 Å². The van der Waals surface area contributed by atoms with E-state index in [2.05, 4.69) is 15.0 Å². The van der Waals surface area contributed by atoms with Crippen LogP contribution in [0.25, 0.3) is 64.9 Å². The topological polar surface area (TPSA) is 264 Å². The predicted molar refractivity (Wildman–Crippen MR) is 250 cm³/mol. The number of aromatic nitrogens is 3. The average Bonchev–Trinajstić information content (AvgIpc) is 4.07. The summed E-state index contributed by atoms with van der Waals surface area (Å²) in [6, 6.07) is 24.2. The fraction of sp³-hybridized carbons (Fsp3) is 0.125. The molecule has 6 aromatic heterocycles. The number of aromatic carboxylic acids is 3. The van der Waals surface area contributed by atoms with Gasteiger partial charge in [0.15, 0.2) is 11.1 Å². The maximum atomic E-state index is 12.0. The summed E-state index contributed by atoms with van der Waals surface area (Å²) in [6.07, 6.45) is 2.98. The number of aryl methyl sites for hydroxylation is 1. The van der Waals surface area contributed by atoms with Crippen LogP contribution in [0.2, 0.25) is 0 Å². The number of rotatable bonds is 9. The molecule has 15 nitrogen and oxygen atoms in total. The summed E-state index contributed by atoms with van der Waals surface area (Å²) in [6.45, 7) is 5.51. The number of pyridine rings is 3. The van der Waals surface area contributed by atoms with Crippen LogP contribution in [0.4, 0.5) is 0 Å². The van der Waals surface area contributed by atoms with Gasteiger partial charge in [-0.3, -0.25) is 14.4 Å². The Labute approximate surface area is 375 Å². The first-order chi connectivity index (χ1) is 31.1. The quantitative estimate of drug-likeness (QED) is 0.0673. The Morgan fingerprint density at radius 1 is 0.538 bits per heavy atom.